The van der Waals surface area contributed by atoms with Crippen molar-refractivity contribution >= 4 is 17.7 Å². The molecule has 1 aromatic carbocycles. The highest BCUT2D eigenvalue weighted by molar-refractivity contribution is 6.05. The summed E-state index contributed by atoms with van der Waals surface area (Å²) in [6.07, 6.45) is 9.24. The second-order valence-electron chi connectivity index (χ2n) is 11.0. The number of benzene rings is 1. The summed E-state index contributed by atoms with van der Waals surface area (Å²) in [5.74, 6) is 6.70. The van der Waals surface area contributed by atoms with Crippen LogP contribution in [0.2, 0.25) is 0 Å². The highest BCUT2D eigenvalue weighted by atomic mass is 16.2. The van der Waals surface area contributed by atoms with E-state index in [0.717, 1.165) is 43.1 Å². The molecule has 1 aromatic rings. The molecular formula is C29H38N4O3. The minimum atomic E-state index is -0.595. The van der Waals surface area contributed by atoms with Gasteiger partial charge in [0.25, 0.3) is 5.91 Å². The summed E-state index contributed by atoms with van der Waals surface area (Å²) in [5, 5.41) is 6.28. The van der Waals surface area contributed by atoms with Gasteiger partial charge in [-0.3, -0.25) is 19.7 Å². The third-order valence-electron chi connectivity index (χ3n) is 8.43. The van der Waals surface area contributed by atoms with Crippen molar-refractivity contribution < 1.29 is 14.4 Å². The molecule has 0 aromatic heterocycles. The van der Waals surface area contributed by atoms with Gasteiger partial charge >= 0.3 is 0 Å². The van der Waals surface area contributed by atoms with Crippen LogP contribution in [0.1, 0.15) is 86.2 Å². The van der Waals surface area contributed by atoms with Gasteiger partial charge in [0.05, 0.1) is 0 Å². The van der Waals surface area contributed by atoms with Crippen molar-refractivity contribution in [3.05, 3.63) is 34.9 Å². The third kappa shape index (κ3) is 5.66. The monoisotopic (exact) mass is 490 g/mol. The van der Waals surface area contributed by atoms with Crippen LogP contribution < -0.4 is 10.6 Å². The Morgan fingerprint density at radius 2 is 1.75 bits per heavy atom. The number of carbonyl (C=O) groups excluding carboxylic acids is 3. The number of fused-ring (bicyclic) bond motifs is 1. The lowest BCUT2D eigenvalue weighted by Crippen LogP contribution is -2.52. The molecule has 1 unspecified atom stereocenters. The maximum absolute atomic E-state index is 13.0. The Balaban J connectivity index is 1.10. The van der Waals surface area contributed by atoms with Gasteiger partial charge in [0.15, 0.2) is 0 Å². The molecule has 3 aliphatic heterocycles. The van der Waals surface area contributed by atoms with Crippen molar-refractivity contribution in [1.29, 1.82) is 0 Å². The Bertz CT molecular complexity index is 1060. The van der Waals surface area contributed by atoms with Crippen LogP contribution in [0, 0.1) is 17.8 Å². The molecule has 5 rings (SSSR count). The summed E-state index contributed by atoms with van der Waals surface area (Å²) < 4.78 is 0. The van der Waals surface area contributed by atoms with E-state index in [1.54, 1.807) is 11.0 Å². The van der Waals surface area contributed by atoms with Crippen molar-refractivity contribution in [3.63, 3.8) is 0 Å². The van der Waals surface area contributed by atoms with E-state index in [4.69, 9.17) is 0 Å². The second-order valence-corrected chi connectivity index (χ2v) is 11.0. The van der Waals surface area contributed by atoms with Crippen LogP contribution in [-0.2, 0) is 16.1 Å². The molecule has 192 valence electrons. The van der Waals surface area contributed by atoms with E-state index in [2.05, 4.69) is 34.3 Å². The topological polar surface area (TPSA) is 81.8 Å². The zero-order valence-electron chi connectivity index (χ0n) is 21.4. The molecule has 4 aliphatic rings. The number of imide groups is 1. The van der Waals surface area contributed by atoms with Crippen molar-refractivity contribution in [3.8, 4) is 11.8 Å². The number of nitrogens with zero attached hydrogens (tertiary/aromatic N) is 2. The number of rotatable bonds is 5. The SMILES string of the molecule is C[C@H]1CC[C@@H](NC2CCN(CCC#Cc3cccc4c3CN(C3CCC(=O)NC3=O)C4=O)CC2)CC1. The van der Waals surface area contributed by atoms with E-state index in [1.807, 2.05) is 12.1 Å². The van der Waals surface area contributed by atoms with E-state index in [0.29, 0.717) is 30.6 Å². The quantitative estimate of drug-likeness (QED) is 0.490. The van der Waals surface area contributed by atoms with Crippen LogP contribution in [0.4, 0.5) is 0 Å². The predicted octanol–water partition coefficient (Wildman–Crippen LogP) is 2.82. The van der Waals surface area contributed by atoms with E-state index in [-0.39, 0.29) is 24.1 Å². The summed E-state index contributed by atoms with van der Waals surface area (Å²) in [6, 6.07) is 6.40. The zero-order chi connectivity index (χ0) is 25.1. The maximum atomic E-state index is 13.0. The van der Waals surface area contributed by atoms with Gasteiger partial charge < -0.3 is 15.1 Å². The van der Waals surface area contributed by atoms with Gasteiger partial charge in [0, 0.05) is 49.1 Å². The molecule has 7 nitrogen and oxygen atoms in total. The number of carbonyl (C=O) groups is 3. The van der Waals surface area contributed by atoms with Crippen LogP contribution in [-0.4, -0.2) is 65.3 Å². The van der Waals surface area contributed by atoms with Crippen molar-refractivity contribution in [2.24, 2.45) is 5.92 Å². The van der Waals surface area contributed by atoms with Gasteiger partial charge in [-0.1, -0.05) is 24.8 Å². The van der Waals surface area contributed by atoms with Gasteiger partial charge in [-0.05, 0) is 81.6 Å². The number of likely N-dealkylation sites (tertiary alicyclic amines) is 1. The van der Waals surface area contributed by atoms with Crippen molar-refractivity contribution in [1.82, 2.24) is 20.4 Å². The Morgan fingerprint density at radius 1 is 1.00 bits per heavy atom. The molecule has 0 bridgehead atoms. The second kappa shape index (κ2) is 11.1. The van der Waals surface area contributed by atoms with Crippen LogP contribution in [0.15, 0.2) is 18.2 Å². The molecule has 36 heavy (non-hydrogen) atoms. The molecule has 1 aliphatic carbocycles. The molecule has 2 saturated heterocycles. The fraction of sp³-hybridized carbons (Fsp3) is 0.621. The Kier molecular flexibility index (Phi) is 7.73. The molecule has 0 spiro atoms. The highest BCUT2D eigenvalue weighted by Crippen LogP contribution is 2.29. The standard InChI is InChI=1S/C29H38N4O3/c1-20-8-10-22(11-9-20)30-23-14-17-32(18-15-23)16-3-2-5-21-6-4-7-24-25(21)19-33(29(24)36)26-12-13-27(34)31-28(26)35/h4,6-7,20,22-23,26,30H,3,8-19H2,1H3,(H,31,34,35)/t20-,22+,26?. The normalized spacial score (nSPS) is 27.4. The molecule has 7 heteroatoms. The lowest BCUT2D eigenvalue weighted by atomic mass is 9.86. The molecular weight excluding hydrogens is 452 g/mol. The molecule has 0 radical (unpaired) electrons. The smallest absolute Gasteiger partial charge is 0.255 e. The first-order chi connectivity index (χ1) is 17.5. The van der Waals surface area contributed by atoms with Crippen LogP contribution in [0.5, 0.6) is 0 Å². The first-order valence-electron chi connectivity index (χ1n) is 13.7. The zero-order valence-corrected chi connectivity index (χ0v) is 21.4. The summed E-state index contributed by atoms with van der Waals surface area (Å²) in [6.45, 7) is 5.96. The lowest BCUT2D eigenvalue weighted by Gasteiger charge is -2.36. The number of nitrogens with one attached hydrogen (secondary N) is 2. The summed E-state index contributed by atoms with van der Waals surface area (Å²) in [7, 11) is 0. The number of hydrogen-bond donors (Lipinski definition) is 2. The van der Waals surface area contributed by atoms with E-state index >= 15 is 0 Å². The van der Waals surface area contributed by atoms with E-state index < -0.39 is 6.04 Å². The van der Waals surface area contributed by atoms with Crippen LogP contribution in [0.25, 0.3) is 0 Å². The lowest BCUT2D eigenvalue weighted by molar-refractivity contribution is -0.136. The Labute approximate surface area is 214 Å². The van der Waals surface area contributed by atoms with Gasteiger partial charge in [0.2, 0.25) is 11.8 Å². The highest BCUT2D eigenvalue weighted by Gasteiger charge is 2.39. The predicted molar refractivity (Wildman–Crippen MR) is 138 cm³/mol. The molecule has 2 N–H and O–H groups in total. The van der Waals surface area contributed by atoms with E-state index in [1.165, 1.54) is 38.5 Å². The number of piperidine rings is 2. The summed E-state index contributed by atoms with van der Waals surface area (Å²) in [4.78, 5) is 40.9. The molecule has 3 heterocycles. The average Bonchev–Trinajstić information content (AvgIpc) is 3.21. The minimum Gasteiger partial charge on any atom is -0.322 e. The molecule has 1 saturated carbocycles. The minimum absolute atomic E-state index is 0.151. The van der Waals surface area contributed by atoms with Crippen molar-refractivity contribution in [2.45, 2.75) is 89.4 Å². The van der Waals surface area contributed by atoms with Crippen molar-refractivity contribution in [2.75, 3.05) is 19.6 Å². The van der Waals surface area contributed by atoms with Gasteiger partial charge in [-0.25, -0.2) is 0 Å². The molecule has 1 atom stereocenters. The van der Waals surface area contributed by atoms with Crippen LogP contribution in [0.3, 0.4) is 0 Å². The van der Waals surface area contributed by atoms with E-state index in [9.17, 15) is 14.4 Å². The fourth-order valence-electron chi connectivity index (χ4n) is 6.16. The fourth-order valence-corrected chi connectivity index (χ4v) is 6.16. The average molecular weight is 491 g/mol. The summed E-state index contributed by atoms with van der Waals surface area (Å²) in [5.41, 5.74) is 2.37. The number of hydrogen-bond acceptors (Lipinski definition) is 5. The Morgan fingerprint density at radius 3 is 2.50 bits per heavy atom. The first kappa shape index (κ1) is 25.0. The maximum Gasteiger partial charge on any atom is 0.255 e. The van der Waals surface area contributed by atoms with Gasteiger partial charge in [-0.2, -0.15) is 0 Å². The van der Waals surface area contributed by atoms with Crippen LogP contribution >= 0.6 is 0 Å². The third-order valence-corrected chi connectivity index (χ3v) is 8.43. The summed E-state index contributed by atoms with van der Waals surface area (Å²) >= 11 is 0. The molecule has 3 amide bonds. The Hall–Kier alpha value is -2.69. The van der Waals surface area contributed by atoms with Gasteiger partial charge in [0.1, 0.15) is 6.04 Å². The molecule has 3 fully saturated rings. The number of amides is 3. The van der Waals surface area contributed by atoms with Gasteiger partial charge in [-0.15, -0.1) is 0 Å². The largest absolute Gasteiger partial charge is 0.322 e. The first-order valence-corrected chi connectivity index (χ1v) is 13.7.